The molecule has 3 aromatic carbocycles. The van der Waals surface area contributed by atoms with E-state index in [1.54, 1.807) is 24.3 Å². The molecule has 0 atom stereocenters. The summed E-state index contributed by atoms with van der Waals surface area (Å²) in [6, 6.07) is 21.4. The first-order valence-corrected chi connectivity index (χ1v) is 11.6. The van der Waals surface area contributed by atoms with Gasteiger partial charge in [-0.3, -0.25) is 29.8 Å². The SMILES string of the molecule is N#C/C(=C/c1ccc([N+](=O)[O-])cc1)C(=O)NCc1cccc(CNC(=O)/C(C#N)=C\c2ccc([N+](=O)[O-])cc2)c1. The minimum atomic E-state index is -0.630. The highest BCUT2D eigenvalue weighted by Gasteiger charge is 2.12. The van der Waals surface area contributed by atoms with Gasteiger partial charge in [0.1, 0.15) is 23.3 Å². The second-order valence-electron chi connectivity index (χ2n) is 8.22. The quantitative estimate of drug-likeness (QED) is 0.168. The summed E-state index contributed by atoms with van der Waals surface area (Å²) in [6.07, 6.45) is 2.64. The first-order valence-electron chi connectivity index (χ1n) is 11.6. The molecule has 0 saturated carbocycles. The molecular weight excluding hydrogens is 516 g/mol. The lowest BCUT2D eigenvalue weighted by molar-refractivity contribution is -0.385. The molecule has 2 amide bonds. The summed E-state index contributed by atoms with van der Waals surface area (Å²) in [5, 5.41) is 45.6. The number of non-ortho nitro benzene ring substituents is 2. The third kappa shape index (κ3) is 7.93. The van der Waals surface area contributed by atoms with Gasteiger partial charge in [0.2, 0.25) is 0 Å². The number of nitro benzene ring substituents is 2. The highest BCUT2D eigenvalue weighted by Crippen LogP contribution is 2.16. The number of carbonyl (C=O) groups excluding carboxylic acids is 2. The number of carbonyl (C=O) groups is 2. The third-order valence-corrected chi connectivity index (χ3v) is 5.46. The molecular formula is C28H20N6O6. The molecule has 0 fully saturated rings. The molecule has 198 valence electrons. The summed E-state index contributed by atoms with van der Waals surface area (Å²) < 4.78 is 0. The first-order chi connectivity index (χ1) is 19.2. The van der Waals surface area contributed by atoms with E-state index in [0.29, 0.717) is 22.3 Å². The number of nitrogens with one attached hydrogen (secondary N) is 2. The highest BCUT2D eigenvalue weighted by atomic mass is 16.6. The topological polar surface area (TPSA) is 192 Å². The molecule has 12 nitrogen and oxygen atoms in total. The molecule has 0 unspecified atom stereocenters. The first kappa shape index (κ1) is 28.4. The van der Waals surface area contributed by atoms with E-state index in [2.05, 4.69) is 10.6 Å². The van der Waals surface area contributed by atoms with Crippen LogP contribution < -0.4 is 10.6 Å². The van der Waals surface area contributed by atoms with Crippen molar-refractivity contribution in [1.29, 1.82) is 10.5 Å². The minimum Gasteiger partial charge on any atom is -0.347 e. The van der Waals surface area contributed by atoms with Crippen LogP contribution in [0.2, 0.25) is 0 Å². The van der Waals surface area contributed by atoms with Crippen molar-refractivity contribution in [1.82, 2.24) is 10.6 Å². The molecule has 0 aromatic heterocycles. The number of rotatable bonds is 10. The van der Waals surface area contributed by atoms with Gasteiger partial charge in [0.05, 0.1) is 9.85 Å². The van der Waals surface area contributed by atoms with Crippen LogP contribution in [0.25, 0.3) is 12.2 Å². The Balaban J connectivity index is 1.59. The molecule has 0 radical (unpaired) electrons. The zero-order chi connectivity index (χ0) is 29.1. The predicted octanol–water partition coefficient (Wildman–Crippen LogP) is 3.95. The van der Waals surface area contributed by atoms with E-state index >= 15 is 0 Å². The van der Waals surface area contributed by atoms with Crippen LogP contribution in [0.3, 0.4) is 0 Å². The number of nitrogens with zero attached hydrogens (tertiary/aromatic N) is 4. The van der Waals surface area contributed by atoms with Crippen molar-refractivity contribution in [3.8, 4) is 12.1 Å². The standard InChI is InChI=1S/C28H20N6O6/c29-15-23(13-19-4-8-25(9-5-19)33(37)38)27(35)31-17-21-2-1-3-22(12-21)18-32-28(36)24(16-30)14-20-6-10-26(11-7-20)34(39)40/h1-14H,17-18H2,(H,31,35)(H,32,36)/b23-13-,24-14-. The van der Waals surface area contributed by atoms with Crippen molar-refractivity contribution in [3.05, 3.63) is 126 Å². The molecule has 0 saturated heterocycles. The van der Waals surface area contributed by atoms with Gasteiger partial charge in [0.25, 0.3) is 23.2 Å². The van der Waals surface area contributed by atoms with Crippen molar-refractivity contribution in [2.75, 3.05) is 0 Å². The van der Waals surface area contributed by atoms with Gasteiger partial charge in [-0.25, -0.2) is 0 Å². The van der Waals surface area contributed by atoms with Gasteiger partial charge in [0.15, 0.2) is 0 Å². The number of benzene rings is 3. The lowest BCUT2D eigenvalue weighted by Gasteiger charge is -2.08. The van der Waals surface area contributed by atoms with Crippen molar-refractivity contribution >= 4 is 35.3 Å². The maximum Gasteiger partial charge on any atom is 0.269 e. The van der Waals surface area contributed by atoms with Gasteiger partial charge in [-0.1, -0.05) is 24.3 Å². The maximum absolute atomic E-state index is 12.5. The molecule has 0 aliphatic rings. The Hall–Kier alpha value is -6.14. The fraction of sp³-hybridized carbons (Fsp3) is 0.0714. The molecule has 3 rings (SSSR count). The van der Waals surface area contributed by atoms with Gasteiger partial charge in [0, 0.05) is 37.4 Å². The Morgan fingerprint density at radius 3 is 1.40 bits per heavy atom. The third-order valence-electron chi connectivity index (χ3n) is 5.46. The summed E-state index contributed by atoms with van der Waals surface area (Å²) in [5.74, 6) is -1.26. The molecule has 0 aliphatic heterocycles. The average Bonchev–Trinajstić information content (AvgIpc) is 2.96. The fourth-order valence-corrected chi connectivity index (χ4v) is 3.42. The van der Waals surface area contributed by atoms with Gasteiger partial charge >= 0.3 is 0 Å². The second kappa shape index (κ2) is 13.4. The number of amides is 2. The second-order valence-corrected chi connectivity index (χ2v) is 8.22. The Morgan fingerprint density at radius 1 is 0.700 bits per heavy atom. The van der Waals surface area contributed by atoms with Crippen LogP contribution in [0.1, 0.15) is 22.3 Å². The summed E-state index contributed by atoms with van der Waals surface area (Å²) in [6.45, 7) is 0.173. The number of hydrogen-bond donors (Lipinski definition) is 2. The van der Waals surface area contributed by atoms with E-state index < -0.39 is 21.7 Å². The Labute approximate surface area is 227 Å². The van der Waals surface area contributed by atoms with E-state index in [-0.39, 0.29) is 35.6 Å². The number of nitro groups is 2. The molecule has 0 spiro atoms. The van der Waals surface area contributed by atoms with Crippen molar-refractivity contribution < 1.29 is 19.4 Å². The minimum absolute atomic E-state index is 0.0867. The monoisotopic (exact) mass is 536 g/mol. The number of nitriles is 2. The molecule has 0 bridgehead atoms. The summed E-state index contributed by atoms with van der Waals surface area (Å²) >= 11 is 0. The van der Waals surface area contributed by atoms with E-state index in [1.807, 2.05) is 12.1 Å². The van der Waals surface area contributed by atoms with Crippen LogP contribution >= 0.6 is 0 Å². The van der Waals surface area contributed by atoms with Crippen LogP contribution in [-0.2, 0) is 22.7 Å². The molecule has 0 heterocycles. The molecule has 12 heteroatoms. The lowest BCUT2D eigenvalue weighted by atomic mass is 10.1. The van der Waals surface area contributed by atoms with Crippen LogP contribution in [0.5, 0.6) is 0 Å². The zero-order valence-electron chi connectivity index (χ0n) is 20.7. The Bertz CT molecular complexity index is 1480. The largest absolute Gasteiger partial charge is 0.347 e. The lowest BCUT2D eigenvalue weighted by Crippen LogP contribution is -2.25. The van der Waals surface area contributed by atoms with E-state index in [0.717, 1.165) is 0 Å². The maximum atomic E-state index is 12.5. The van der Waals surface area contributed by atoms with Gasteiger partial charge in [-0.2, -0.15) is 10.5 Å². The normalized spacial score (nSPS) is 11.1. The van der Waals surface area contributed by atoms with Crippen molar-refractivity contribution in [2.45, 2.75) is 13.1 Å². The van der Waals surface area contributed by atoms with Gasteiger partial charge in [-0.15, -0.1) is 0 Å². The molecule has 40 heavy (non-hydrogen) atoms. The van der Waals surface area contributed by atoms with Crippen molar-refractivity contribution in [2.24, 2.45) is 0 Å². The molecule has 2 N–H and O–H groups in total. The van der Waals surface area contributed by atoms with Gasteiger partial charge < -0.3 is 10.6 Å². The van der Waals surface area contributed by atoms with Gasteiger partial charge in [-0.05, 0) is 58.7 Å². The summed E-state index contributed by atoms with van der Waals surface area (Å²) in [7, 11) is 0. The Morgan fingerprint density at radius 2 is 1.07 bits per heavy atom. The number of hydrogen-bond acceptors (Lipinski definition) is 8. The predicted molar refractivity (Wildman–Crippen MR) is 144 cm³/mol. The van der Waals surface area contributed by atoms with E-state index in [4.69, 9.17) is 0 Å². The van der Waals surface area contributed by atoms with Crippen molar-refractivity contribution in [3.63, 3.8) is 0 Å². The van der Waals surface area contributed by atoms with Crippen LogP contribution in [0.15, 0.2) is 83.9 Å². The van der Waals surface area contributed by atoms with Crippen LogP contribution in [-0.4, -0.2) is 21.7 Å². The zero-order valence-corrected chi connectivity index (χ0v) is 20.7. The smallest absolute Gasteiger partial charge is 0.269 e. The summed E-state index contributed by atoms with van der Waals surface area (Å²) in [5.41, 5.74) is 1.71. The van der Waals surface area contributed by atoms with Crippen LogP contribution in [0, 0.1) is 42.9 Å². The Kier molecular flexibility index (Phi) is 9.54. The van der Waals surface area contributed by atoms with Crippen LogP contribution in [0.4, 0.5) is 11.4 Å². The molecule has 3 aromatic rings. The molecule has 0 aliphatic carbocycles. The van der Waals surface area contributed by atoms with E-state index in [1.165, 1.54) is 60.7 Å². The average molecular weight is 537 g/mol. The van der Waals surface area contributed by atoms with E-state index in [9.17, 15) is 40.3 Å². The fourth-order valence-electron chi connectivity index (χ4n) is 3.42. The summed E-state index contributed by atoms with van der Waals surface area (Å²) in [4.78, 5) is 45.5. The highest BCUT2D eigenvalue weighted by molar-refractivity contribution is 6.02.